The second kappa shape index (κ2) is 8.59. The fraction of sp³-hybridized carbons (Fsp3) is 0.267. The molecule has 128 valence electrons. The minimum Gasteiger partial charge on any atom is -0.323 e. The Morgan fingerprint density at radius 3 is 2.79 bits per heavy atom. The van der Waals surface area contributed by atoms with E-state index >= 15 is 0 Å². The van der Waals surface area contributed by atoms with Crippen molar-refractivity contribution in [3.8, 4) is 0 Å². The molecule has 0 saturated carbocycles. The Morgan fingerprint density at radius 1 is 1.38 bits per heavy atom. The lowest BCUT2D eigenvalue weighted by Crippen LogP contribution is -2.23. The van der Waals surface area contributed by atoms with Gasteiger partial charge in [-0.2, -0.15) is 0 Å². The van der Waals surface area contributed by atoms with E-state index < -0.39 is 22.8 Å². The van der Waals surface area contributed by atoms with Gasteiger partial charge in [0.2, 0.25) is 5.91 Å². The lowest BCUT2D eigenvalue weighted by Gasteiger charge is -2.10. The van der Waals surface area contributed by atoms with E-state index in [4.69, 9.17) is 0 Å². The third-order valence-corrected chi connectivity index (χ3v) is 6.13. The first kappa shape index (κ1) is 18.9. The van der Waals surface area contributed by atoms with Crippen molar-refractivity contribution in [1.82, 2.24) is 10.2 Å². The second-order valence-corrected chi connectivity index (χ2v) is 8.74. The summed E-state index contributed by atoms with van der Waals surface area (Å²) in [4.78, 5) is 12.1. The molecule has 0 aliphatic rings. The lowest BCUT2D eigenvalue weighted by atomic mass is 10.3. The maximum absolute atomic E-state index is 13.6. The molecule has 1 heterocycles. The Hall–Kier alpha value is -1.45. The maximum Gasteiger partial charge on any atom is 0.237 e. The van der Waals surface area contributed by atoms with E-state index in [-0.39, 0.29) is 5.69 Å². The number of carbonyl (C=O) groups excluding carboxylic acids is 1. The van der Waals surface area contributed by atoms with Crippen LogP contribution in [0.5, 0.6) is 0 Å². The van der Waals surface area contributed by atoms with Gasteiger partial charge in [0.25, 0.3) is 0 Å². The van der Waals surface area contributed by atoms with Crippen LogP contribution in [0, 0.1) is 11.6 Å². The Kier molecular flexibility index (Phi) is 6.76. The molecule has 0 bridgehead atoms. The Bertz CT molecular complexity index is 751. The highest BCUT2D eigenvalue weighted by Crippen LogP contribution is 2.32. The van der Waals surface area contributed by atoms with Gasteiger partial charge in [0, 0.05) is 11.8 Å². The normalized spacial score (nSPS) is 12.0. The molecule has 2 rings (SSSR count). The molecular weight excluding hydrogens is 372 g/mol. The van der Waals surface area contributed by atoms with Crippen LogP contribution in [0.3, 0.4) is 0 Å². The molecule has 2 aromatic rings. The monoisotopic (exact) mass is 387 g/mol. The minimum absolute atomic E-state index is 0.178. The van der Waals surface area contributed by atoms with Gasteiger partial charge in [-0.05, 0) is 26.0 Å². The standard InChI is InChI=1S/C15H15F2N3OS3/c1-8(2)7-22-14-19-20-15(24-14)23-9(3)13(21)18-12-6-10(16)4-5-11(12)17/h4-6,9H,1,7H2,2-3H3,(H,18,21)/t9-/m1/s1. The van der Waals surface area contributed by atoms with E-state index in [0.29, 0.717) is 4.34 Å². The molecular formula is C15H15F2N3OS3. The van der Waals surface area contributed by atoms with E-state index in [1.54, 1.807) is 6.92 Å². The first-order valence-electron chi connectivity index (χ1n) is 6.88. The van der Waals surface area contributed by atoms with Crippen LogP contribution in [0.4, 0.5) is 14.5 Å². The van der Waals surface area contributed by atoms with Gasteiger partial charge in [0.05, 0.1) is 10.9 Å². The molecule has 4 nitrogen and oxygen atoms in total. The van der Waals surface area contributed by atoms with Crippen LogP contribution in [-0.2, 0) is 4.79 Å². The fourth-order valence-electron chi connectivity index (χ4n) is 1.52. The van der Waals surface area contributed by atoms with Crippen LogP contribution in [-0.4, -0.2) is 27.1 Å². The topological polar surface area (TPSA) is 54.9 Å². The van der Waals surface area contributed by atoms with Crippen molar-refractivity contribution in [3.63, 3.8) is 0 Å². The van der Waals surface area contributed by atoms with Gasteiger partial charge < -0.3 is 5.32 Å². The van der Waals surface area contributed by atoms with Gasteiger partial charge in [-0.25, -0.2) is 8.78 Å². The zero-order valence-electron chi connectivity index (χ0n) is 13.0. The van der Waals surface area contributed by atoms with Crippen molar-refractivity contribution in [3.05, 3.63) is 42.0 Å². The number of anilines is 1. The summed E-state index contributed by atoms with van der Waals surface area (Å²) in [7, 11) is 0. The van der Waals surface area contributed by atoms with Gasteiger partial charge in [0.15, 0.2) is 8.68 Å². The highest BCUT2D eigenvalue weighted by Gasteiger charge is 2.19. The number of aromatic nitrogens is 2. The summed E-state index contributed by atoms with van der Waals surface area (Å²) in [6, 6.07) is 2.91. The number of halogens is 2. The van der Waals surface area contributed by atoms with Crippen LogP contribution in [0.1, 0.15) is 13.8 Å². The number of amides is 1. The fourth-order valence-corrected chi connectivity index (χ4v) is 4.53. The maximum atomic E-state index is 13.6. The first-order valence-corrected chi connectivity index (χ1v) is 9.56. The van der Waals surface area contributed by atoms with Crippen LogP contribution >= 0.6 is 34.9 Å². The highest BCUT2D eigenvalue weighted by atomic mass is 32.2. The number of nitrogens with zero attached hydrogens (tertiary/aromatic N) is 2. The summed E-state index contributed by atoms with van der Waals surface area (Å²) in [6.45, 7) is 7.42. The molecule has 1 N–H and O–H groups in total. The molecule has 0 unspecified atom stereocenters. The van der Waals surface area contributed by atoms with Crippen molar-refractivity contribution in [2.24, 2.45) is 0 Å². The molecule has 24 heavy (non-hydrogen) atoms. The summed E-state index contributed by atoms with van der Waals surface area (Å²) in [5, 5.41) is 9.92. The van der Waals surface area contributed by atoms with Crippen molar-refractivity contribution in [2.75, 3.05) is 11.1 Å². The smallest absolute Gasteiger partial charge is 0.237 e. The van der Waals surface area contributed by atoms with Crippen molar-refractivity contribution < 1.29 is 13.6 Å². The third kappa shape index (κ3) is 5.57. The van der Waals surface area contributed by atoms with Gasteiger partial charge in [-0.3, -0.25) is 4.79 Å². The van der Waals surface area contributed by atoms with Crippen molar-refractivity contribution in [2.45, 2.75) is 27.8 Å². The van der Waals surface area contributed by atoms with Crippen LogP contribution in [0.2, 0.25) is 0 Å². The van der Waals surface area contributed by atoms with E-state index in [2.05, 4.69) is 22.1 Å². The number of hydrogen-bond acceptors (Lipinski definition) is 6. The molecule has 1 aromatic carbocycles. The van der Waals surface area contributed by atoms with Crippen molar-refractivity contribution in [1.29, 1.82) is 0 Å². The lowest BCUT2D eigenvalue weighted by molar-refractivity contribution is -0.115. The van der Waals surface area contributed by atoms with Crippen LogP contribution < -0.4 is 5.32 Å². The Balaban J connectivity index is 1.94. The van der Waals surface area contributed by atoms with E-state index in [1.165, 1.54) is 34.9 Å². The zero-order valence-corrected chi connectivity index (χ0v) is 15.5. The summed E-state index contributed by atoms with van der Waals surface area (Å²) < 4.78 is 28.1. The molecule has 0 spiro atoms. The quantitative estimate of drug-likeness (QED) is 0.556. The van der Waals surface area contributed by atoms with Crippen LogP contribution in [0.15, 0.2) is 39.0 Å². The number of hydrogen-bond donors (Lipinski definition) is 1. The van der Waals surface area contributed by atoms with E-state index in [9.17, 15) is 13.6 Å². The van der Waals surface area contributed by atoms with Crippen molar-refractivity contribution >= 4 is 46.5 Å². The summed E-state index contributed by atoms with van der Waals surface area (Å²) in [5.41, 5.74) is 0.858. The molecule has 0 saturated heterocycles. The Labute approximate surface area is 151 Å². The molecule has 1 atom stereocenters. The predicted molar refractivity (Wildman–Crippen MR) is 95.8 cm³/mol. The number of carbonyl (C=O) groups is 1. The number of benzene rings is 1. The van der Waals surface area contributed by atoms with E-state index in [1.807, 2.05) is 6.92 Å². The molecule has 9 heteroatoms. The van der Waals surface area contributed by atoms with Gasteiger partial charge in [0.1, 0.15) is 11.6 Å². The molecule has 0 aliphatic carbocycles. The molecule has 1 amide bonds. The number of nitrogens with one attached hydrogen (secondary N) is 1. The molecule has 1 aromatic heterocycles. The van der Waals surface area contributed by atoms with Gasteiger partial charge >= 0.3 is 0 Å². The third-order valence-electron chi connectivity index (χ3n) is 2.66. The largest absolute Gasteiger partial charge is 0.323 e. The van der Waals surface area contributed by atoms with Gasteiger partial charge in [-0.1, -0.05) is 47.0 Å². The summed E-state index contributed by atoms with van der Waals surface area (Å²) in [5.74, 6) is -0.976. The number of thioether (sulfide) groups is 2. The highest BCUT2D eigenvalue weighted by molar-refractivity contribution is 8.04. The Morgan fingerprint density at radius 2 is 2.08 bits per heavy atom. The average molecular weight is 388 g/mol. The average Bonchev–Trinajstić information content (AvgIpc) is 2.96. The minimum atomic E-state index is -0.684. The SMILES string of the molecule is C=C(C)CSc1nnc(S[C@H](C)C(=O)Nc2cc(F)ccc2F)s1. The first-order chi connectivity index (χ1) is 11.3. The number of rotatable bonds is 7. The second-order valence-electron chi connectivity index (χ2n) is 4.95. The summed E-state index contributed by atoms with van der Waals surface area (Å²) >= 11 is 4.13. The van der Waals surface area contributed by atoms with Gasteiger partial charge in [-0.15, -0.1) is 10.2 Å². The molecule has 0 aliphatic heterocycles. The molecule has 0 radical (unpaired) electrons. The van der Waals surface area contributed by atoms with E-state index in [0.717, 1.165) is 33.9 Å². The summed E-state index contributed by atoms with van der Waals surface area (Å²) in [6.07, 6.45) is 0. The zero-order chi connectivity index (χ0) is 17.7. The predicted octanol–water partition coefficient (Wildman–Crippen LogP) is 4.60. The molecule has 0 fully saturated rings. The van der Waals surface area contributed by atoms with Crippen LogP contribution in [0.25, 0.3) is 0 Å².